The van der Waals surface area contributed by atoms with Gasteiger partial charge in [-0.3, -0.25) is 9.78 Å². The summed E-state index contributed by atoms with van der Waals surface area (Å²) in [5.41, 5.74) is 2.06. The second-order valence-corrected chi connectivity index (χ2v) is 6.04. The molecule has 25 heavy (non-hydrogen) atoms. The predicted molar refractivity (Wildman–Crippen MR) is 100 cm³/mol. The zero-order valence-corrected chi connectivity index (χ0v) is 14.6. The van der Waals surface area contributed by atoms with Crippen LogP contribution in [0.1, 0.15) is 15.9 Å². The van der Waals surface area contributed by atoms with E-state index in [2.05, 4.69) is 20.6 Å². The molecule has 0 radical (unpaired) electrons. The van der Waals surface area contributed by atoms with Crippen molar-refractivity contribution in [2.75, 3.05) is 10.6 Å². The number of benzene rings is 1. The van der Waals surface area contributed by atoms with Crippen molar-refractivity contribution in [1.82, 2.24) is 9.97 Å². The highest BCUT2D eigenvalue weighted by atomic mass is 35.5. The lowest BCUT2D eigenvalue weighted by molar-refractivity contribution is 0.102. The van der Waals surface area contributed by atoms with Crippen molar-refractivity contribution in [2.24, 2.45) is 0 Å². The molecule has 0 fully saturated rings. The fraction of sp³-hybridized carbons (Fsp3) is 0.0556. The van der Waals surface area contributed by atoms with Crippen LogP contribution < -0.4 is 10.6 Å². The second kappa shape index (κ2) is 7.96. The van der Waals surface area contributed by atoms with Gasteiger partial charge in [-0.25, -0.2) is 4.98 Å². The van der Waals surface area contributed by atoms with Gasteiger partial charge < -0.3 is 10.6 Å². The molecule has 0 unspecified atom stereocenters. The number of hydrogen-bond donors (Lipinski definition) is 2. The molecule has 5 nitrogen and oxygen atoms in total. The summed E-state index contributed by atoms with van der Waals surface area (Å²) in [6.07, 6.45) is 5.02. The first-order valence-electron chi connectivity index (χ1n) is 7.47. The van der Waals surface area contributed by atoms with Gasteiger partial charge in [-0.2, -0.15) is 0 Å². The molecule has 2 aromatic heterocycles. The van der Waals surface area contributed by atoms with Crippen LogP contribution in [0.5, 0.6) is 0 Å². The van der Waals surface area contributed by atoms with E-state index < -0.39 is 0 Å². The van der Waals surface area contributed by atoms with Crippen LogP contribution in [0.25, 0.3) is 0 Å². The highest BCUT2D eigenvalue weighted by molar-refractivity contribution is 6.42. The highest BCUT2D eigenvalue weighted by Crippen LogP contribution is 2.25. The smallest absolute Gasteiger partial charge is 0.257 e. The third-order valence-corrected chi connectivity index (χ3v) is 4.14. The van der Waals surface area contributed by atoms with Crippen LogP contribution in [0.4, 0.5) is 11.5 Å². The van der Waals surface area contributed by atoms with Crippen molar-refractivity contribution in [1.29, 1.82) is 0 Å². The van der Waals surface area contributed by atoms with E-state index in [1.807, 2.05) is 12.1 Å². The molecule has 0 saturated heterocycles. The Hall–Kier alpha value is -2.63. The Morgan fingerprint density at radius 2 is 1.92 bits per heavy atom. The molecule has 0 atom stereocenters. The summed E-state index contributed by atoms with van der Waals surface area (Å²) < 4.78 is 0. The minimum absolute atomic E-state index is 0.273. The molecule has 0 aliphatic carbocycles. The zero-order chi connectivity index (χ0) is 17.6. The van der Waals surface area contributed by atoms with E-state index in [1.54, 1.807) is 42.7 Å². The topological polar surface area (TPSA) is 66.9 Å². The van der Waals surface area contributed by atoms with Crippen LogP contribution in [0.15, 0.2) is 61.1 Å². The van der Waals surface area contributed by atoms with Crippen molar-refractivity contribution in [2.45, 2.75) is 6.54 Å². The van der Waals surface area contributed by atoms with E-state index in [0.717, 1.165) is 5.56 Å². The number of carbonyl (C=O) groups is 1. The first-order valence-corrected chi connectivity index (χ1v) is 8.22. The molecule has 0 aliphatic heterocycles. The first-order chi connectivity index (χ1) is 12.1. The Balaban J connectivity index is 1.61. The van der Waals surface area contributed by atoms with Gasteiger partial charge in [-0.1, -0.05) is 29.3 Å². The van der Waals surface area contributed by atoms with Crippen molar-refractivity contribution >= 4 is 40.6 Å². The first kappa shape index (κ1) is 17.2. The number of aromatic nitrogens is 2. The van der Waals surface area contributed by atoms with Gasteiger partial charge in [-0.05, 0) is 42.0 Å². The van der Waals surface area contributed by atoms with E-state index in [9.17, 15) is 4.79 Å². The SMILES string of the molecule is O=C(Nc1ccc(Cl)c(Cl)c1)c1ccc(NCc2cccnc2)nc1. The number of rotatable bonds is 5. The van der Waals surface area contributed by atoms with Gasteiger partial charge in [0.05, 0.1) is 15.6 Å². The van der Waals surface area contributed by atoms with Gasteiger partial charge in [-0.15, -0.1) is 0 Å². The van der Waals surface area contributed by atoms with Crippen LogP contribution in [0, 0.1) is 0 Å². The quantitative estimate of drug-likeness (QED) is 0.683. The minimum atomic E-state index is -0.273. The Bertz CT molecular complexity index is 870. The lowest BCUT2D eigenvalue weighted by Crippen LogP contribution is -2.12. The predicted octanol–water partition coefficient (Wildman–Crippen LogP) is 4.65. The molecule has 0 bridgehead atoms. The van der Waals surface area contributed by atoms with Gasteiger partial charge in [0, 0.05) is 30.8 Å². The normalized spacial score (nSPS) is 10.3. The van der Waals surface area contributed by atoms with E-state index in [1.165, 1.54) is 6.20 Å². The number of anilines is 2. The summed E-state index contributed by atoms with van der Waals surface area (Å²) in [5.74, 6) is 0.402. The van der Waals surface area contributed by atoms with Crippen LogP contribution >= 0.6 is 23.2 Å². The summed E-state index contributed by atoms with van der Waals surface area (Å²) in [7, 11) is 0. The van der Waals surface area contributed by atoms with Crippen molar-refractivity contribution in [3.63, 3.8) is 0 Å². The van der Waals surface area contributed by atoms with Crippen LogP contribution in [0.3, 0.4) is 0 Å². The maximum Gasteiger partial charge on any atom is 0.257 e. The third-order valence-electron chi connectivity index (χ3n) is 3.40. The number of amides is 1. The summed E-state index contributed by atoms with van der Waals surface area (Å²) in [6, 6.07) is 12.2. The summed E-state index contributed by atoms with van der Waals surface area (Å²) >= 11 is 11.8. The molecule has 1 aromatic carbocycles. The maximum absolute atomic E-state index is 12.2. The molecule has 2 N–H and O–H groups in total. The summed E-state index contributed by atoms with van der Waals surface area (Å²) in [6.45, 7) is 0.607. The van der Waals surface area contributed by atoms with Crippen molar-refractivity contribution in [3.05, 3.63) is 82.2 Å². The lowest BCUT2D eigenvalue weighted by Gasteiger charge is -2.08. The molecule has 3 aromatic rings. The molecule has 0 saturated carbocycles. The zero-order valence-electron chi connectivity index (χ0n) is 13.0. The standard InChI is InChI=1S/C18H14Cl2N4O/c19-15-5-4-14(8-16(15)20)24-18(25)13-3-6-17(23-11-13)22-10-12-2-1-7-21-9-12/h1-9,11H,10H2,(H,22,23)(H,24,25). The highest BCUT2D eigenvalue weighted by Gasteiger charge is 2.08. The number of halogens is 2. The van der Waals surface area contributed by atoms with Gasteiger partial charge in [0.1, 0.15) is 5.82 Å². The Morgan fingerprint density at radius 1 is 1.04 bits per heavy atom. The number of carbonyl (C=O) groups excluding carboxylic acids is 1. The van der Waals surface area contributed by atoms with Gasteiger partial charge in [0.15, 0.2) is 0 Å². The fourth-order valence-electron chi connectivity index (χ4n) is 2.11. The number of hydrogen-bond acceptors (Lipinski definition) is 4. The van der Waals surface area contributed by atoms with Crippen molar-refractivity contribution < 1.29 is 4.79 Å². The molecular formula is C18H14Cl2N4O. The molecule has 7 heteroatoms. The largest absolute Gasteiger partial charge is 0.366 e. The Morgan fingerprint density at radius 3 is 2.60 bits per heavy atom. The van der Waals surface area contributed by atoms with Gasteiger partial charge in [0.25, 0.3) is 5.91 Å². The molecule has 3 rings (SSSR count). The monoisotopic (exact) mass is 372 g/mol. The van der Waals surface area contributed by atoms with Crippen LogP contribution in [-0.4, -0.2) is 15.9 Å². The molecule has 0 spiro atoms. The number of nitrogens with zero attached hydrogens (tertiary/aromatic N) is 2. The average molecular weight is 373 g/mol. The van der Waals surface area contributed by atoms with Crippen molar-refractivity contribution in [3.8, 4) is 0 Å². The molecule has 1 amide bonds. The maximum atomic E-state index is 12.2. The molecule has 2 heterocycles. The van der Waals surface area contributed by atoms with E-state index in [0.29, 0.717) is 33.7 Å². The van der Waals surface area contributed by atoms with E-state index >= 15 is 0 Å². The average Bonchev–Trinajstić information content (AvgIpc) is 2.64. The van der Waals surface area contributed by atoms with E-state index in [-0.39, 0.29) is 5.91 Å². The second-order valence-electron chi connectivity index (χ2n) is 5.23. The molecule has 0 aliphatic rings. The fourth-order valence-corrected chi connectivity index (χ4v) is 2.40. The number of pyridine rings is 2. The molecule has 126 valence electrons. The molecular weight excluding hydrogens is 359 g/mol. The van der Waals surface area contributed by atoms with Crippen LogP contribution in [-0.2, 0) is 6.54 Å². The van der Waals surface area contributed by atoms with Gasteiger partial charge >= 0.3 is 0 Å². The third kappa shape index (κ3) is 4.68. The van der Waals surface area contributed by atoms with E-state index in [4.69, 9.17) is 23.2 Å². The van der Waals surface area contributed by atoms with Crippen LogP contribution in [0.2, 0.25) is 10.0 Å². The Kier molecular flexibility index (Phi) is 5.48. The summed E-state index contributed by atoms with van der Waals surface area (Å²) in [5, 5.41) is 6.75. The summed E-state index contributed by atoms with van der Waals surface area (Å²) in [4.78, 5) is 20.5. The lowest BCUT2D eigenvalue weighted by atomic mass is 10.2. The minimum Gasteiger partial charge on any atom is -0.366 e. The van der Waals surface area contributed by atoms with Gasteiger partial charge in [0.2, 0.25) is 0 Å². The Labute approximate surface area is 155 Å². The number of nitrogens with one attached hydrogen (secondary N) is 2.